The van der Waals surface area contributed by atoms with E-state index < -0.39 is 0 Å². The minimum absolute atomic E-state index is 0.942. The first-order chi connectivity index (χ1) is 10.2. The molecule has 0 spiro atoms. The zero-order valence-corrected chi connectivity index (χ0v) is 12.6. The van der Waals surface area contributed by atoms with Crippen molar-refractivity contribution in [2.45, 2.75) is 20.3 Å². The average molecular weight is 271 g/mol. The van der Waals surface area contributed by atoms with Crippen LogP contribution in [0.25, 0.3) is 11.1 Å². The van der Waals surface area contributed by atoms with Crippen LogP contribution >= 0.6 is 0 Å². The van der Waals surface area contributed by atoms with Crippen LogP contribution in [0.4, 0.5) is 0 Å². The first-order valence-electron chi connectivity index (χ1n) is 7.34. The molecule has 3 aromatic rings. The van der Waals surface area contributed by atoms with Crippen LogP contribution in [-0.2, 0) is 6.42 Å². The molecule has 1 radical (unpaired) electrons. The van der Waals surface area contributed by atoms with Crippen molar-refractivity contribution in [2.24, 2.45) is 0 Å². The quantitative estimate of drug-likeness (QED) is 0.601. The second-order valence-corrected chi connectivity index (χ2v) is 5.61. The molecule has 0 aliphatic carbocycles. The second-order valence-electron chi connectivity index (χ2n) is 5.61. The molecule has 0 aliphatic heterocycles. The van der Waals surface area contributed by atoms with Gasteiger partial charge in [-0.3, -0.25) is 0 Å². The summed E-state index contributed by atoms with van der Waals surface area (Å²) in [7, 11) is 0. The maximum atomic E-state index is 3.44. The topological polar surface area (TPSA) is 0 Å². The molecule has 3 aromatic carbocycles. The molecule has 0 heteroatoms. The molecule has 103 valence electrons. The Labute approximate surface area is 127 Å². The van der Waals surface area contributed by atoms with Crippen molar-refractivity contribution in [2.75, 3.05) is 0 Å². The van der Waals surface area contributed by atoms with Gasteiger partial charge in [-0.25, -0.2) is 0 Å². The summed E-state index contributed by atoms with van der Waals surface area (Å²) in [6.07, 6.45) is 0.942. The lowest BCUT2D eigenvalue weighted by atomic mass is 9.98. The summed E-state index contributed by atoms with van der Waals surface area (Å²) in [5, 5.41) is 0. The van der Waals surface area contributed by atoms with Gasteiger partial charge in [-0.2, -0.15) is 0 Å². The van der Waals surface area contributed by atoms with Gasteiger partial charge in [0.15, 0.2) is 0 Å². The van der Waals surface area contributed by atoms with Crippen LogP contribution in [0.15, 0.2) is 66.7 Å². The first kappa shape index (κ1) is 13.6. The molecule has 0 saturated carbocycles. The largest absolute Gasteiger partial charge is 0.0622 e. The lowest BCUT2D eigenvalue weighted by molar-refractivity contribution is 1.16. The minimum atomic E-state index is 0.942. The highest BCUT2D eigenvalue weighted by Gasteiger charge is 2.01. The van der Waals surface area contributed by atoms with Gasteiger partial charge < -0.3 is 0 Å². The summed E-state index contributed by atoms with van der Waals surface area (Å²) in [5.74, 6) is 0. The summed E-state index contributed by atoms with van der Waals surface area (Å²) < 4.78 is 0. The summed E-state index contributed by atoms with van der Waals surface area (Å²) >= 11 is 0. The predicted molar refractivity (Wildman–Crippen MR) is 89.4 cm³/mol. The third-order valence-electron chi connectivity index (χ3n) is 3.66. The smallest absolute Gasteiger partial charge is 0.00194 e. The number of hydrogen-bond acceptors (Lipinski definition) is 0. The molecule has 0 atom stereocenters. The molecule has 0 fully saturated rings. The lowest BCUT2D eigenvalue weighted by Gasteiger charge is -2.06. The van der Waals surface area contributed by atoms with E-state index in [9.17, 15) is 0 Å². The Morgan fingerprint density at radius 2 is 1.43 bits per heavy atom. The normalized spacial score (nSPS) is 10.6. The molecule has 0 bridgehead atoms. The molecular formula is C21H19. The second kappa shape index (κ2) is 5.97. The van der Waals surface area contributed by atoms with Gasteiger partial charge in [-0.1, -0.05) is 72.3 Å². The van der Waals surface area contributed by atoms with E-state index in [1.54, 1.807) is 0 Å². The maximum absolute atomic E-state index is 3.44. The van der Waals surface area contributed by atoms with Crippen LogP contribution in [0.5, 0.6) is 0 Å². The molecular weight excluding hydrogens is 252 g/mol. The van der Waals surface area contributed by atoms with Gasteiger partial charge in [0.05, 0.1) is 0 Å². The fourth-order valence-electron chi connectivity index (χ4n) is 2.74. The van der Waals surface area contributed by atoms with E-state index >= 15 is 0 Å². The molecule has 3 rings (SSSR count). The predicted octanol–water partition coefficient (Wildman–Crippen LogP) is 5.36. The van der Waals surface area contributed by atoms with Crippen molar-refractivity contribution in [3.63, 3.8) is 0 Å². The van der Waals surface area contributed by atoms with Crippen LogP contribution in [0, 0.1) is 19.9 Å². The Morgan fingerprint density at radius 3 is 2.10 bits per heavy atom. The standard InChI is InChI=1S/C21H19/c1-16-12-17(2)14-19(13-16)15-18-8-10-21(11-9-18)20-6-4-3-5-7-20/h3-13H,15H2,1-2H3. The van der Waals surface area contributed by atoms with Crippen LogP contribution in [0.2, 0.25) is 0 Å². The Morgan fingerprint density at radius 1 is 0.762 bits per heavy atom. The van der Waals surface area contributed by atoms with E-state index in [1.165, 1.54) is 33.4 Å². The minimum Gasteiger partial charge on any atom is -0.0622 e. The van der Waals surface area contributed by atoms with Crippen molar-refractivity contribution >= 4 is 0 Å². The van der Waals surface area contributed by atoms with E-state index in [1.807, 2.05) is 6.07 Å². The van der Waals surface area contributed by atoms with Crippen LogP contribution < -0.4 is 0 Å². The molecule has 0 heterocycles. The zero-order chi connectivity index (χ0) is 14.7. The highest BCUT2D eigenvalue weighted by molar-refractivity contribution is 5.63. The Balaban J connectivity index is 1.81. The molecule has 0 unspecified atom stereocenters. The van der Waals surface area contributed by atoms with Gasteiger partial charge in [0.2, 0.25) is 0 Å². The molecule has 0 aromatic heterocycles. The number of hydrogen-bond donors (Lipinski definition) is 0. The molecule has 0 saturated heterocycles. The third-order valence-corrected chi connectivity index (χ3v) is 3.66. The Bertz CT molecular complexity index is 701. The number of aryl methyl sites for hydroxylation is 2. The van der Waals surface area contributed by atoms with Crippen molar-refractivity contribution in [1.82, 2.24) is 0 Å². The van der Waals surface area contributed by atoms with Gasteiger partial charge in [0, 0.05) is 0 Å². The monoisotopic (exact) mass is 271 g/mol. The highest BCUT2D eigenvalue weighted by atomic mass is 14.1. The van der Waals surface area contributed by atoms with E-state index in [0.29, 0.717) is 0 Å². The highest BCUT2D eigenvalue weighted by Crippen LogP contribution is 2.20. The fraction of sp³-hybridized carbons (Fsp3) is 0.143. The molecule has 0 N–H and O–H groups in total. The van der Waals surface area contributed by atoms with Crippen LogP contribution in [0.1, 0.15) is 22.3 Å². The fourth-order valence-corrected chi connectivity index (χ4v) is 2.74. The first-order valence-corrected chi connectivity index (χ1v) is 7.34. The summed E-state index contributed by atoms with van der Waals surface area (Å²) in [5.41, 5.74) is 7.65. The van der Waals surface area contributed by atoms with E-state index in [4.69, 9.17) is 0 Å². The summed E-state index contributed by atoms with van der Waals surface area (Å²) in [6, 6.07) is 27.2. The lowest BCUT2D eigenvalue weighted by Crippen LogP contribution is -1.91. The number of rotatable bonds is 3. The summed E-state index contributed by atoms with van der Waals surface area (Å²) in [4.78, 5) is 0. The van der Waals surface area contributed by atoms with Crippen molar-refractivity contribution in [3.05, 3.63) is 95.1 Å². The van der Waals surface area contributed by atoms with Gasteiger partial charge in [-0.15, -0.1) is 0 Å². The molecule has 0 amide bonds. The van der Waals surface area contributed by atoms with E-state index in [-0.39, 0.29) is 0 Å². The van der Waals surface area contributed by atoms with Crippen LogP contribution in [-0.4, -0.2) is 0 Å². The average Bonchev–Trinajstić information content (AvgIpc) is 2.48. The third kappa shape index (κ3) is 3.41. The zero-order valence-electron chi connectivity index (χ0n) is 12.6. The molecule has 0 aliphatic rings. The van der Waals surface area contributed by atoms with Gasteiger partial charge >= 0.3 is 0 Å². The molecule has 0 nitrogen and oxygen atoms in total. The Kier molecular flexibility index (Phi) is 3.87. The maximum Gasteiger partial charge on any atom is -0.00194 e. The van der Waals surface area contributed by atoms with E-state index in [2.05, 4.69) is 80.6 Å². The van der Waals surface area contributed by atoms with Gasteiger partial charge in [-0.05, 0) is 54.2 Å². The van der Waals surface area contributed by atoms with Crippen molar-refractivity contribution in [1.29, 1.82) is 0 Å². The van der Waals surface area contributed by atoms with E-state index in [0.717, 1.165) is 6.42 Å². The Hall–Kier alpha value is -2.34. The van der Waals surface area contributed by atoms with Gasteiger partial charge in [0.1, 0.15) is 0 Å². The van der Waals surface area contributed by atoms with Crippen molar-refractivity contribution in [3.8, 4) is 11.1 Å². The van der Waals surface area contributed by atoms with Crippen LogP contribution in [0.3, 0.4) is 0 Å². The van der Waals surface area contributed by atoms with Gasteiger partial charge in [0.25, 0.3) is 0 Å². The molecule has 21 heavy (non-hydrogen) atoms. The van der Waals surface area contributed by atoms with Crippen molar-refractivity contribution < 1.29 is 0 Å². The SMILES string of the molecule is Cc1[c]c(Cc2ccc(-c3ccccc3)cc2)cc(C)c1. The summed E-state index contributed by atoms with van der Waals surface area (Å²) in [6.45, 7) is 4.25. The number of benzene rings is 3.